The molecule has 0 atom stereocenters. The highest BCUT2D eigenvalue weighted by Crippen LogP contribution is 2.15. The molecule has 0 aliphatic carbocycles. The monoisotopic (exact) mass is 207 g/mol. The zero-order valence-corrected chi connectivity index (χ0v) is 8.49. The summed E-state index contributed by atoms with van der Waals surface area (Å²) in [6.45, 7) is 1.57. The highest BCUT2D eigenvalue weighted by molar-refractivity contribution is 7.99. The topological polar surface area (TPSA) is 47.3 Å². The molecule has 0 aliphatic heterocycles. The van der Waals surface area contributed by atoms with E-state index in [1.54, 1.807) is 6.92 Å². The van der Waals surface area contributed by atoms with Gasteiger partial charge in [0, 0.05) is 6.20 Å². The third-order valence-electron chi connectivity index (χ3n) is 1.69. The molecule has 2 heterocycles. The van der Waals surface area contributed by atoms with Crippen molar-refractivity contribution in [1.29, 1.82) is 0 Å². The third-order valence-corrected chi connectivity index (χ3v) is 2.77. The average Bonchev–Trinajstić information content (AvgIpc) is 2.58. The Balaban J connectivity index is 2.29. The fraction of sp³-hybridized carbons (Fsp3) is 0.222. The van der Waals surface area contributed by atoms with Crippen LogP contribution in [0.4, 0.5) is 0 Å². The predicted octanol–water partition coefficient (Wildman–Crippen LogP) is 1.41. The Bertz CT molecular complexity index is 466. The van der Waals surface area contributed by atoms with Crippen molar-refractivity contribution in [2.45, 2.75) is 12.1 Å². The number of nitrogens with zero attached hydrogens (tertiary/aromatic N) is 3. The normalized spacial score (nSPS) is 10.6. The van der Waals surface area contributed by atoms with E-state index < -0.39 is 0 Å². The van der Waals surface area contributed by atoms with Crippen LogP contribution in [0.15, 0.2) is 29.6 Å². The number of thioether (sulfide) groups is 1. The lowest BCUT2D eigenvalue weighted by molar-refractivity contribution is -0.114. The highest BCUT2D eigenvalue weighted by Gasteiger charge is 2.05. The number of carbonyl (C=O) groups is 1. The average molecular weight is 207 g/mol. The largest absolute Gasteiger partial charge is 0.299 e. The maximum Gasteiger partial charge on any atom is 0.196 e. The van der Waals surface area contributed by atoms with Crippen molar-refractivity contribution in [1.82, 2.24) is 14.6 Å². The molecule has 0 saturated heterocycles. The van der Waals surface area contributed by atoms with E-state index in [9.17, 15) is 4.79 Å². The summed E-state index contributed by atoms with van der Waals surface area (Å²) in [7, 11) is 0. The van der Waals surface area contributed by atoms with Crippen molar-refractivity contribution in [2.24, 2.45) is 0 Å². The maximum atomic E-state index is 10.8. The van der Waals surface area contributed by atoms with Crippen LogP contribution in [0.5, 0.6) is 0 Å². The first-order chi connectivity index (χ1) is 6.77. The molecule has 0 bridgehead atoms. The minimum atomic E-state index is 0.141. The van der Waals surface area contributed by atoms with E-state index in [-0.39, 0.29) is 5.78 Å². The first-order valence-electron chi connectivity index (χ1n) is 4.19. The van der Waals surface area contributed by atoms with Crippen molar-refractivity contribution in [2.75, 3.05) is 5.75 Å². The van der Waals surface area contributed by atoms with Crippen molar-refractivity contribution in [3.63, 3.8) is 0 Å². The van der Waals surface area contributed by atoms with Gasteiger partial charge in [-0.3, -0.25) is 9.20 Å². The molecule has 0 aliphatic rings. The number of aromatic nitrogens is 3. The molecule has 72 valence electrons. The van der Waals surface area contributed by atoms with E-state index >= 15 is 0 Å². The summed E-state index contributed by atoms with van der Waals surface area (Å²) in [6.07, 6.45) is 1.89. The molecule has 2 aromatic heterocycles. The molecule has 0 unspecified atom stereocenters. The third kappa shape index (κ3) is 1.77. The van der Waals surface area contributed by atoms with Gasteiger partial charge in [-0.2, -0.15) is 0 Å². The number of hydrogen-bond acceptors (Lipinski definition) is 4. The van der Waals surface area contributed by atoms with Gasteiger partial charge < -0.3 is 0 Å². The van der Waals surface area contributed by atoms with Gasteiger partial charge in [0.1, 0.15) is 5.78 Å². The smallest absolute Gasteiger partial charge is 0.196 e. The number of pyridine rings is 1. The molecule has 0 saturated carbocycles. The minimum Gasteiger partial charge on any atom is -0.299 e. The molecule has 14 heavy (non-hydrogen) atoms. The summed E-state index contributed by atoms with van der Waals surface area (Å²) in [6, 6.07) is 5.70. The second-order valence-electron chi connectivity index (χ2n) is 2.90. The van der Waals surface area contributed by atoms with Crippen LogP contribution in [0.3, 0.4) is 0 Å². The number of carbonyl (C=O) groups excluding carboxylic acids is 1. The Morgan fingerprint density at radius 3 is 3.14 bits per heavy atom. The predicted molar refractivity (Wildman–Crippen MR) is 54.4 cm³/mol. The first kappa shape index (κ1) is 9.21. The fourth-order valence-corrected chi connectivity index (χ4v) is 1.81. The van der Waals surface area contributed by atoms with Gasteiger partial charge in [-0.05, 0) is 19.1 Å². The summed E-state index contributed by atoms with van der Waals surface area (Å²) < 4.78 is 1.87. The molecule has 0 aromatic carbocycles. The summed E-state index contributed by atoms with van der Waals surface area (Å²) in [5, 5.41) is 8.73. The highest BCUT2D eigenvalue weighted by atomic mass is 32.2. The van der Waals surface area contributed by atoms with Crippen molar-refractivity contribution in [3.05, 3.63) is 24.4 Å². The van der Waals surface area contributed by atoms with E-state index in [4.69, 9.17) is 0 Å². The van der Waals surface area contributed by atoms with Gasteiger partial charge in [-0.25, -0.2) is 0 Å². The van der Waals surface area contributed by atoms with Gasteiger partial charge in [0.05, 0.1) is 5.75 Å². The zero-order chi connectivity index (χ0) is 9.97. The molecule has 4 nitrogen and oxygen atoms in total. The van der Waals surface area contributed by atoms with Gasteiger partial charge in [0.25, 0.3) is 0 Å². The Labute approximate surface area is 85.3 Å². The standard InChI is InChI=1S/C9H9N3OS/c1-7(13)6-14-9-11-10-8-4-2-3-5-12(8)9/h2-5H,6H2,1H3. The van der Waals surface area contributed by atoms with Gasteiger partial charge >= 0.3 is 0 Å². The van der Waals surface area contributed by atoms with Crippen molar-refractivity contribution < 1.29 is 4.79 Å². The van der Waals surface area contributed by atoms with Gasteiger partial charge in [-0.1, -0.05) is 17.8 Å². The Morgan fingerprint density at radius 1 is 1.50 bits per heavy atom. The Hall–Kier alpha value is -1.36. The molecule has 0 radical (unpaired) electrons. The van der Waals surface area contributed by atoms with Crippen LogP contribution in [0.2, 0.25) is 0 Å². The van der Waals surface area contributed by atoms with Gasteiger partial charge in [0.15, 0.2) is 10.8 Å². The molecule has 0 amide bonds. The van der Waals surface area contributed by atoms with Crippen LogP contribution in [-0.4, -0.2) is 26.1 Å². The van der Waals surface area contributed by atoms with Crippen molar-refractivity contribution in [3.8, 4) is 0 Å². The molecule has 2 aromatic rings. The quantitative estimate of drug-likeness (QED) is 0.714. The molecular weight excluding hydrogens is 198 g/mol. The van der Waals surface area contributed by atoms with Crippen LogP contribution in [-0.2, 0) is 4.79 Å². The van der Waals surface area contributed by atoms with E-state index in [1.807, 2.05) is 28.8 Å². The molecule has 0 fully saturated rings. The Kier molecular flexibility index (Phi) is 2.49. The van der Waals surface area contributed by atoms with Crippen LogP contribution in [0, 0.1) is 0 Å². The molecule has 2 rings (SSSR count). The number of ketones is 1. The molecular formula is C9H9N3OS. The number of Topliss-reactive ketones (excluding diaryl/α,β-unsaturated/α-hetero) is 1. The fourth-order valence-electron chi connectivity index (χ4n) is 1.08. The number of hydrogen-bond donors (Lipinski definition) is 0. The molecule has 0 spiro atoms. The van der Waals surface area contributed by atoms with Crippen LogP contribution in [0.25, 0.3) is 5.65 Å². The lowest BCUT2D eigenvalue weighted by atomic mass is 10.5. The van der Waals surface area contributed by atoms with Gasteiger partial charge in [-0.15, -0.1) is 10.2 Å². The number of fused-ring (bicyclic) bond motifs is 1. The second-order valence-corrected chi connectivity index (χ2v) is 3.84. The van der Waals surface area contributed by atoms with Crippen LogP contribution < -0.4 is 0 Å². The first-order valence-corrected chi connectivity index (χ1v) is 5.18. The summed E-state index contributed by atoms with van der Waals surface area (Å²) >= 11 is 1.40. The van der Waals surface area contributed by atoms with Crippen LogP contribution in [0.1, 0.15) is 6.92 Å². The van der Waals surface area contributed by atoms with E-state index in [0.29, 0.717) is 5.75 Å². The van der Waals surface area contributed by atoms with E-state index in [0.717, 1.165) is 10.8 Å². The lowest BCUT2D eigenvalue weighted by Crippen LogP contribution is -1.95. The minimum absolute atomic E-state index is 0.141. The Morgan fingerprint density at radius 2 is 2.36 bits per heavy atom. The summed E-state index contributed by atoms with van der Waals surface area (Å²) in [5.74, 6) is 0.582. The lowest BCUT2D eigenvalue weighted by Gasteiger charge is -1.96. The molecule has 0 N–H and O–H groups in total. The maximum absolute atomic E-state index is 10.8. The van der Waals surface area contributed by atoms with E-state index in [2.05, 4.69) is 10.2 Å². The summed E-state index contributed by atoms with van der Waals surface area (Å²) in [5.41, 5.74) is 0.804. The molecule has 5 heteroatoms. The SMILES string of the molecule is CC(=O)CSc1nnc2ccccn12. The zero-order valence-electron chi connectivity index (χ0n) is 7.67. The van der Waals surface area contributed by atoms with E-state index in [1.165, 1.54) is 11.8 Å². The summed E-state index contributed by atoms with van der Waals surface area (Å²) in [4.78, 5) is 10.8. The van der Waals surface area contributed by atoms with Gasteiger partial charge in [0.2, 0.25) is 0 Å². The second kappa shape index (κ2) is 3.79. The number of rotatable bonds is 3. The van der Waals surface area contributed by atoms with Crippen LogP contribution >= 0.6 is 11.8 Å². The van der Waals surface area contributed by atoms with Crippen molar-refractivity contribution >= 4 is 23.2 Å².